The van der Waals surface area contributed by atoms with Gasteiger partial charge in [0.1, 0.15) is 29.2 Å². The van der Waals surface area contributed by atoms with Crippen LogP contribution >= 0.6 is 22.9 Å². The molecule has 0 spiro atoms. The van der Waals surface area contributed by atoms with E-state index in [0.717, 1.165) is 82.2 Å². The van der Waals surface area contributed by atoms with E-state index in [0.29, 0.717) is 42.3 Å². The first-order valence-electron chi connectivity index (χ1n) is 19.5. The van der Waals surface area contributed by atoms with E-state index in [4.69, 9.17) is 11.6 Å². The summed E-state index contributed by atoms with van der Waals surface area (Å²) >= 11 is 7.69. The molecule has 0 unspecified atom stereocenters. The van der Waals surface area contributed by atoms with E-state index in [1.165, 1.54) is 30.6 Å². The Morgan fingerprint density at radius 2 is 1.59 bits per heavy atom. The molecule has 4 aromatic heterocycles. The summed E-state index contributed by atoms with van der Waals surface area (Å²) in [5, 5.41) is 8.68. The number of imidazole rings is 1. The molecular formula is C44H40ClF6N7O2S. The molecular weight excluding hydrogens is 840 g/mol. The SMILES string of the molecule is CCc1nc2ccc(Cl)cn2c1C(=O)NCc1ccc(N2CCC(c3ccc(OC(F)(F)F)cc3)CC2)cc1.FC(F)(F)c1ccc(CCNc2ncnc3ccsc23)cc1. The van der Waals surface area contributed by atoms with Crippen LogP contribution in [0.4, 0.5) is 37.8 Å². The summed E-state index contributed by atoms with van der Waals surface area (Å²) < 4.78 is 81.3. The summed E-state index contributed by atoms with van der Waals surface area (Å²) in [5.41, 5.74) is 6.11. The van der Waals surface area contributed by atoms with Crippen LogP contribution in [0, 0.1) is 0 Å². The van der Waals surface area contributed by atoms with Crippen LogP contribution in [-0.4, -0.2) is 51.3 Å². The minimum absolute atomic E-state index is 0.200. The smallest absolute Gasteiger partial charge is 0.406 e. The van der Waals surface area contributed by atoms with Crippen molar-refractivity contribution >= 4 is 56.2 Å². The Kier molecular flexibility index (Phi) is 13.3. The quantitative estimate of drug-likeness (QED) is 0.125. The normalized spacial score (nSPS) is 13.5. The number of alkyl halides is 6. The van der Waals surface area contributed by atoms with Crippen LogP contribution in [0.5, 0.6) is 5.75 Å². The highest BCUT2D eigenvalue weighted by Gasteiger charge is 2.31. The molecule has 17 heteroatoms. The van der Waals surface area contributed by atoms with Gasteiger partial charge in [0.25, 0.3) is 5.91 Å². The molecule has 0 radical (unpaired) electrons. The van der Waals surface area contributed by atoms with Gasteiger partial charge in [0, 0.05) is 38.1 Å². The van der Waals surface area contributed by atoms with Crippen molar-refractivity contribution in [2.45, 2.75) is 57.6 Å². The van der Waals surface area contributed by atoms with E-state index < -0.39 is 18.1 Å². The number of aryl methyl sites for hydroxylation is 1. The zero-order valence-corrected chi connectivity index (χ0v) is 34.3. The fourth-order valence-electron chi connectivity index (χ4n) is 7.16. The molecule has 2 N–H and O–H groups in total. The molecule has 3 aromatic carbocycles. The number of piperidine rings is 1. The molecule has 8 rings (SSSR count). The number of hydrogen-bond acceptors (Lipinski definition) is 8. The highest BCUT2D eigenvalue weighted by atomic mass is 35.5. The molecule has 1 aliphatic rings. The number of aromatic nitrogens is 4. The van der Waals surface area contributed by atoms with Crippen LogP contribution in [0.1, 0.15) is 64.1 Å². The molecule has 1 aliphatic heterocycles. The average Bonchev–Trinajstić information content (AvgIpc) is 3.88. The molecule has 9 nitrogen and oxygen atoms in total. The third-order valence-corrected chi connectivity index (χ3v) is 11.4. The number of carbonyl (C=O) groups is 1. The van der Waals surface area contributed by atoms with Gasteiger partial charge in [0.05, 0.1) is 26.5 Å². The van der Waals surface area contributed by atoms with Crippen LogP contribution in [0.15, 0.2) is 109 Å². The van der Waals surface area contributed by atoms with Gasteiger partial charge in [-0.05, 0) is 108 Å². The number of thiophene rings is 1. The number of rotatable bonds is 11. The van der Waals surface area contributed by atoms with E-state index >= 15 is 0 Å². The number of carbonyl (C=O) groups excluding carboxylic acids is 1. The van der Waals surface area contributed by atoms with Crippen molar-refractivity contribution in [3.8, 4) is 5.75 Å². The second-order valence-corrected chi connectivity index (χ2v) is 15.6. The van der Waals surface area contributed by atoms with E-state index in [1.54, 1.807) is 46.2 Å². The molecule has 0 atom stereocenters. The van der Waals surface area contributed by atoms with Crippen LogP contribution in [0.25, 0.3) is 15.9 Å². The van der Waals surface area contributed by atoms with E-state index in [9.17, 15) is 31.1 Å². The van der Waals surface area contributed by atoms with Gasteiger partial charge in [-0.1, -0.05) is 54.9 Å². The molecule has 61 heavy (non-hydrogen) atoms. The van der Waals surface area contributed by atoms with Crippen molar-refractivity contribution in [2.75, 3.05) is 29.9 Å². The number of fused-ring (bicyclic) bond motifs is 2. The molecule has 1 amide bonds. The molecule has 0 bridgehead atoms. The Labute approximate surface area is 356 Å². The molecule has 1 saturated heterocycles. The topological polar surface area (TPSA) is 96.7 Å². The predicted molar refractivity (Wildman–Crippen MR) is 226 cm³/mol. The number of pyridine rings is 1. The third-order valence-electron chi connectivity index (χ3n) is 10.3. The molecule has 5 heterocycles. The van der Waals surface area contributed by atoms with Gasteiger partial charge in [-0.2, -0.15) is 13.2 Å². The van der Waals surface area contributed by atoms with Gasteiger partial charge in [-0.3, -0.25) is 9.20 Å². The fourth-order valence-corrected chi connectivity index (χ4v) is 8.13. The third kappa shape index (κ3) is 11.1. The fraction of sp³-hybridized carbons (Fsp3) is 0.273. The summed E-state index contributed by atoms with van der Waals surface area (Å²) in [6.07, 6.45) is -2.72. The van der Waals surface area contributed by atoms with Crippen molar-refractivity contribution in [3.05, 3.63) is 148 Å². The highest BCUT2D eigenvalue weighted by Crippen LogP contribution is 2.33. The van der Waals surface area contributed by atoms with Gasteiger partial charge in [-0.25, -0.2) is 15.0 Å². The number of amides is 1. The van der Waals surface area contributed by atoms with Crippen LogP contribution in [-0.2, 0) is 25.6 Å². The predicted octanol–water partition coefficient (Wildman–Crippen LogP) is 11.1. The van der Waals surface area contributed by atoms with Gasteiger partial charge in [0.15, 0.2) is 0 Å². The lowest BCUT2D eigenvalue weighted by Gasteiger charge is -2.34. The molecule has 0 aliphatic carbocycles. The van der Waals surface area contributed by atoms with Gasteiger partial charge in [-0.15, -0.1) is 24.5 Å². The first-order valence-corrected chi connectivity index (χ1v) is 20.7. The van der Waals surface area contributed by atoms with Crippen LogP contribution in [0.3, 0.4) is 0 Å². The highest BCUT2D eigenvalue weighted by molar-refractivity contribution is 7.17. The zero-order valence-electron chi connectivity index (χ0n) is 32.7. The number of nitrogens with zero attached hydrogens (tertiary/aromatic N) is 5. The van der Waals surface area contributed by atoms with E-state index in [2.05, 4.69) is 47.4 Å². The Hall–Kier alpha value is -5.87. The van der Waals surface area contributed by atoms with Gasteiger partial charge in [0.2, 0.25) is 0 Å². The summed E-state index contributed by atoms with van der Waals surface area (Å²) in [6.45, 7) is 4.63. The Bertz CT molecular complexity index is 2550. The summed E-state index contributed by atoms with van der Waals surface area (Å²) in [7, 11) is 0. The Balaban J connectivity index is 0.000000215. The van der Waals surface area contributed by atoms with Crippen molar-refractivity contribution in [1.82, 2.24) is 24.7 Å². The minimum Gasteiger partial charge on any atom is -0.406 e. The lowest BCUT2D eigenvalue weighted by Crippen LogP contribution is -2.32. The van der Waals surface area contributed by atoms with Crippen LogP contribution in [0.2, 0.25) is 5.02 Å². The van der Waals surface area contributed by atoms with Crippen molar-refractivity contribution in [1.29, 1.82) is 0 Å². The number of benzene rings is 3. The maximum absolute atomic E-state index is 13.0. The molecule has 7 aromatic rings. The molecule has 1 fully saturated rings. The maximum atomic E-state index is 13.0. The van der Waals surface area contributed by atoms with Crippen molar-refractivity contribution in [3.63, 3.8) is 0 Å². The number of halogens is 7. The largest absolute Gasteiger partial charge is 0.573 e. The lowest BCUT2D eigenvalue weighted by molar-refractivity contribution is -0.274. The summed E-state index contributed by atoms with van der Waals surface area (Å²) in [6, 6.07) is 25.0. The number of hydrogen-bond donors (Lipinski definition) is 2. The number of anilines is 2. The van der Waals surface area contributed by atoms with Crippen molar-refractivity contribution in [2.24, 2.45) is 0 Å². The summed E-state index contributed by atoms with van der Waals surface area (Å²) in [5.74, 6) is 0.643. The Morgan fingerprint density at radius 1 is 0.885 bits per heavy atom. The first-order chi connectivity index (χ1) is 29.2. The standard InChI is InChI=1S/C29H28ClF3N4O2.C15H12F3N3S/c1-2-25-27(37-18-22(30)7-12-26(37)35-25)28(38)34-17-19-3-8-23(9-4-19)36-15-13-21(14-16-36)20-5-10-24(11-6-20)39-29(31,32)33;16-15(17,18)11-3-1-10(2-4-11)5-7-19-14-13-12(6-8-22-13)20-9-21-14/h3-12,18,21H,2,13-17H2,1H3,(H,34,38);1-4,6,8-9H,5,7H2,(H,19,20,21). The molecule has 318 valence electrons. The lowest BCUT2D eigenvalue weighted by atomic mass is 9.89. The number of ether oxygens (including phenoxy) is 1. The summed E-state index contributed by atoms with van der Waals surface area (Å²) in [4.78, 5) is 28.2. The first kappa shape index (κ1) is 43.2. The molecule has 0 saturated carbocycles. The maximum Gasteiger partial charge on any atom is 0.573 e. The van der Waals surface area contributed by atoms with E-state index in [-0.39, 0.29) is 17.6 Å². The monoisotopic (exact) mass is 879 g/mol. The number of nitrogens with one attached hydrogen (secondary N) is 2. The van der Waals surface area contributed by atoms with E-state index in [1.807, 2.05) is 30.5 Å². The van der Waals surface area contributed by atoms with Gasteiger partial charge < -0.3 is 20.3 Å². The van der Waals surface area contributed by atoms with Gasteiger partial charge >= 0.3 is 12.5 Å². The average molecular weight is 880 g/mol. The van der Waals surface area contributed by atoms with Crippen LogP contribution < -0.4 is 20.3 Å². The van der Waals surface area contributed by atoms with Crippen molar-refractivity contribution < 1.29 is 35.9 Å². The second kappa shape index (κ2) is 18.8. The second-order valence-electron chi connectivity index (χ2n) is 14.3. The zero-order chi connectivity index (χ0) is 43.1. The minimum atomic E-state index is -4.68. The Morgan fingerprint density at radius 3 is 2.26 bits per heavy atom.